The van der Waals surface area contributed by atoms with E-state index in [-0.39, 0.29) is 18.4 Å². The monoisotopic (exact) mass is 436 g/mol. The van der Waals surface area contributed by atoms with E-state index in [1.807, 2.05) is 18.2 Å². The number of likely N-dealkylation sites (N-methyl/N-ethyl adjacent to an activating group) is 1. The number of amides is 2. The van der Waals surface area contributed by atoms with Crippen molar-refractivity contribution in [2.24, 2.45) is 0 Å². The first-order chi connectivity index (χ1) is 12.4. The van der Waals surface area contributed by atoms with Gasteiger partial charge in [-0.15, -0.1) is 11.3 Å². The smallest absolute Gasteiger partial charge is 0.264 e. The minimum atomic E-state index is -0.150. The third-order valence-electron chi connectivity index (χ3n) is 4.58. The van der Waals surface area contributed by atoms with Crippen molar-refractivity contribution in [3.63, 3.8) is 0 Å². The molecule has 0 N–H and O–H groups in total. The molecular formula is C19H21BrN2O3S. The average Bonchev–Trinajstić information content (AvgIpc) is 3.07. The highest BCUT2D eigenvalue weighted by Gasteiger charge is 2.28. The lowest BCUT2D eigenvalue weighted by Gasteiger charge is -2.33. The number of carbonyl (C=O) groups excluding carboxylic acids is 2. The Morgan fingerprint density at radius 1 is 1.31 bits per heavy atom. The molecule has 5 nitrogen and oxygen atoms in total. The molecule has 0 aliphatic carbocycles. The van der Waals surface area contributed by atoms with Crippen molar-refractivity contribution in [2.45, 2.75) is 19.8 Å². The molecule has 7 heteroatoms. The Bertz CT molecular complexity index is 849. The largest absolute Gasteiger partial charge is 0.495 e. The fraction of sp³-hybridized carbons (Fsp3) is 0.368. The fourth-order valence-corrected chi connectivity index (χ4v) is 4.63. The minimum Gasteiger partial charge on any atom is -0.495 e. The number of aryl methyl sites for hydroxylation is 1. The highest BCUT2D eigenvalue weighted by Crippen LogP contribution is 2.38. The second-order valence-corrected chi connectivity index (χ2v) is 8.79. The van der Waals surface area contributed by atoms with Gasteiger partial charge in [0, 0.05) is 13.6 Å². The van der Waals surface area contributed by atoms with Crippen molar-refractivity contribution >= 4 is 44.8 Å². The van der Waals surface area contributed by atoms with Crippen LogP contribution in [0.5, 0.6) is 5.75 Å². The van der Waals surface area contributed by atoms with Crippen LogP contribution in [0.4, 0.5) is 5.69 Å². The summed E-state index contributed by atoms with van der Waals surface area (Å²) in [5.41, 5.74) is 3.16. The predicted molar refractivity (Wildman–Crippen MR) is 107 cm³/mol. The molecule has 2 heterocycles. The normalized spacial score (nSPS) is 13.3. The van der Waals surface area contributed by atoms with E-state index >= 15 is 0 Å². The van der Waals surface area contributed by atoms with Gasteiger partial charge in [-0.25, -0.2) is 0 Å². The first-order valence-corrected chi connectivity index (χ1v) is 10.0. The number of fused-ring (bicyclic) bond motifs is 1. The Kier molecular flexibility index (Phi) is 5.67. The second kappa shape index (κ2) is 7.80. The molecule has 1 aliphatic rings. The standard InChI is InChI=1S/C19H21BrN2O3S/c1-12-6-7-14(25-3)18-13(12)5-4-10-22(18)17(23)11-21(2)19(24)15-8-9-16(20)26-15/h6-9H,4-5,10-11H2,1-3H3. The molecule has 2 amide bonds. The van der Waals surface area contributed by atoms with Gasteiger partial charge in [0.1, 0.15) is 12.3 Å². The topological polar surface area (TPSA) is 49.9 Å². The van der Waals surface area contributed by atoms with Crippen LogP contribution in [0, 0.1) is 6.92 Å². The highest BCUT2D eigenvalue weighted by molar-refractivity contribution is 9.11. The zero-order valence-electron chi connectivity index (χ0n) is 15.0. The number of hydrogen-bond acceptors (Lipinski definition) is 4. The number of thiophene rings is 1. The van der Waals surface area contributed by atoms with Gasteiger partial charge in [0.05, 0.1) is 21.5 Å². The van der Waals surface area contributed by atoms with Crippen molar-refractivity contribution in [1.29, 1.82) is 0 Å². The fourth-order valence-electron chi connectivity index (χ4n) is 3.24. The molecule has 3 rings (SSSR count). The Hall–Kier alpha value is -1.86. The number of carbonyl (C=O) groups is 2. The molecule has 0 spiro atoms. The number of hydrogen-bond donors (Lipinski definition) is 0. The summed E-state index contributed by atoms with van der Waals surface area (Å²) < 4.78 is 6.39. The number of benzene rings is 1. The summed E-state index contributed by atoms with van der Waals surface area (Å²) in [6.07, 6.45) is 1.84. The summed E-state index contributed by atoms with van der Waals surface area (Å²) in [5.74, 6) is 0.457. The molecule has 0 atom stereocenters. The van der Waals surface area contributed by atoms with E-state index < -0.39 is 0 Å². The van der Waals surface area contributed by atoms with Crippen molar-refractivity contribution in [3.05, 3.63) is 44.1 Å². The van der Waals surface area contributed by atoms with Gasteiger partial charge in [-0.2, -0.15) is 0 Å². The first-order valence-electron chi connectivity index (χ1n) is 8.40. The number of anilines is 1. The number of methoxy groups -OCH3 is 1. The van der Waals surface area contributed by atoms with Crippen molar-refractivity contribution in [2.75, 3.05) is 32.1 Å². The summed E-state index contributed by atoms with van der Waals surface area (Å²) in [7, 11) is 3.28. The molecule has 0 radical (unpaired) electrons. The maximum atomic E-state index is 13.0. The third-order valence-corrected chi connectivity index (χ3v) is 6.19. The molecule has 0 saturated carbocycles. The molecule has 138 valence electrons. The molecule has 0 fully saturated rings. The van der Waals surface area contributed by atoms with E-state index in [9.17, 15) is 9.59 Å². The van der Waals surface area contributed by atoms with E-state index in [0.717, 1.165) is 33.4 Å². The Labute approximate surface area is 165 Å². The Balaban J connectivity index is 1.81. The third kappa shape index (κ3) is 3.64. The summed E-state index contributed by atoms with van der Waals surface area (Å²) in [6, 6.07) is 7.52. The SMILES string of the molecule is COc1ccc(C)c2c1N(C(=O)CN(C)C(=O)c1ccc(Br)s1)CCC2. The average molecular weight is 437 g/mol. The van der Waals surface area contributed by atoms with E-state index in [1.165, 1.54) is 16.2 Å². The van der Waals surface area contributed by atoms with Crippen LogP contribution < -0.4 is 9.64 Å². The van der Waals surface area contributed by atoms with Crippen molar-refractivity contribution in [1.82, 2.24) is 4.90 Å². The van der Waals surface area contributed by atoms with E-state index in [4.69, 9.17) is 4.74 Å². The number of rotatable bonds is 4. The summed E-state index contributed by atoms with van der Waals surface area (Å²) >= 11 is 4.73. The number of nitrogens with zero attached hydrogens (tertiary/aromatic N) is 2. The van der Waals surface area contributed by atoms with E-state index in [2.05, 4.69) is 22.9 Å². The summed E-state index contributed by atoms with van der Waals surface area (Å²) in [4.78, 5) is 29.3. The van der Waals surface area contributed by atoms with E-state index in [1.54, 1.807) is 25.1 Å². The molecule has 1 aromatic heterocycles. The van der Waals surface area contributed by atoms with Gasteiger partial charge in [0.25, 0.3) is 5.91 Å². The van der Waals surface area contributed by atoms with Gasteiger partial charge >= 0.3 is 0 Å². The highest BCUT2D eigenvalue weighted by atomic mass is 79.9. The van der Waals surface area contributed by atoms with Crippen molar-refractivity contribution < 1.29 is 14.3 Å². The molecule has 0 unspecified atom stereocenters. The van der Waals surface area contributed by atoms with Gasteiger partial charge in [-0.05, 0) is 65.0 Å². The number of ether oxygens (including phenoxy) is 1. The maximum Gasteiger partial charge on any atom is 0.264 e. The van der Waals surface area contributed by atoms with Crippen LogP contribution in [-0.2, 0) is 11.2 Å². The van der Waals surface area contributed by atoms with Crippen LogP contribution in [-0.4, -0.2) is 44.0 Å². The lowest BCUT2D eigenvalue weighted by Crippen LogP contribution is -2.43. The molecule has 0 bridgehead atoms. The zero-order chi connectivity index (χ0) is 18.8. The maximum absolute atomic E-state index is 13.0. The molecule has 1 aliphatic heterocycles. The molecule has 0 saturated heterocycles. The lowest BCUT2D eigenvalue weighted by molar-refractivity contribution is -0.119. The van der Waals surface area contributed by atoms with Gasteiger partial charge in [-0.3, -0.25) is 9.59 Å². The van der Waals surface area contributed by atoms with Crippen LogP contribution in [0.15, 0.2) is 28.1 Å². The molecule has 2 aromatic rings. The summed E-state index contributed by atoms with van der Waals surface area (Å²) in [5, 5.41) is 0. The second-order valence-electron chi connectivity index (χ2n) is 6.33. The summed E-state index contributed by atoms with van der Waals surface area (Å²) in [6.45, 7) is 2.72. The first kappa shape index (κ1) is 18.9. The number of halogens is 1. The predicted octanol–water partition coefficient (Wildman–Crippen LogP) is 3.88. The van der Waals surface area contributed by atoms with Crippen LogP contribution in [0.2, 0.25) is 0 Å². The van der Waals surface area contributed by atoms with Crippen LogP contribution in [0.25, 0.3) is 0 Å². The Morgan fingerprint density at radius 3 is 2.73 bits per heavy atom. The van der Waals surface area contributed by atoms with Crippen LogP contribution in [0.3, 0.4) is 0 Å². The quantitative estimate of drug-likeness (QED) is 0.730. The molecule has 1 aromatic carbocycles. The van der Waals surface area contributed by atoms with Gasteiger partial charge < -0.3 is 14.5 Å². The van der Waals surface area contributed by atoms with Crippen LogP contribution >= 0.6 is 27.3 Å². The van der Waals surface area contributed by atoms with E-state index in [0.29, 0.717) is 17.2 Å². The molecule has 26 heavy (non-hydrogen) atoms. The Morgan fingerprint density at radius 2 is 2.08 bits per heavy atom. The van der Waals surface area contributed by atoms with Gasteiger partial charge in [0.2, 0.25) is 5.91 Å². The molecular weight excluding hydrogens is 416 g/mol. The van der Waals surface area contributed by atoms with Crippen molar-refractivity contribution in [3.8, 4) is 5.75 Å². The minimum absolute atomic E-state index is 0.0326. The van der Waals surface area contributed by atoms with Gasteiger partial charge in [-0.1, -0.05) is 6.07 Å². The lowest BCUT2D eigenvalue weighted by atomic mass is 9.96. The zero-order valence-corrected chi connectivity index (χ0v) is 17.4. The van der Waals surface area contributed by atoms with Crippen LogP contribution in [0.1, 0.15) is 27.2 Å². The van der Waals surface area contributed by atoms with Gasteiger partial charge in [0.15, 0.2) is 0 Å².